The predicted molar refractivity (Wildman–Crippen MR) is 102 cm³/mol. The van der Waals surface area contributed by atoms with Crippen molar-refractivity contribution in [1.29, 1.82) is 0 Å². The van der Waals surface area contributed by atoms with Gasteiger partial charge >= 0.3 is 5.97 Å². The van der Waals surface area contributed by atoms with Crippen LogP contribution in [-0.4, -0.2) is 31.1 Å². The second-order valence-electron chi connectivity index (χ2n) is 5.70. The predicted octanol–water partition coefficient (Wildman–Crippen LogP) is 5.03. The number of halogens is 2. The summed E-state index contributed by atoms with van der Waals surface area (Å²) in [7, 11) is 3.06. The number of nitrogens with zero attached hydrogens (tertiary/aromatic N) is 1. The van der Waals surface area contributed by atoms with Crippen LogP contribution in [0.3, 0.4) is 0 Å². The molecule has 0 saturated heterocycles. The molecule has 3 aromatic rings. The fourth-order valence-electron chi connectivity index (χ4n) is 2.56. The molecule has 2 aromatic carbocycles. The zero-order chi connectivity index (χ0) is 20.8. The number of alkyl halides is 2. The number of aromatic nitrogens is 1. The summed E-state index contributed by atoms with van der Waals surface area (Å²) in [5.41, 5.74) is 1.15. The number of hydrogen-bond donors (Lipinski definition) is 0. The van der Waals surface area contributed by atoms with Crippen LogP contribution < -0.4 is 9.47 Å². The Labute approximate surface area is 169 Å². The van der Waals surface area contributed by atoms with E-state index < -0.39 is 11.7 Å². The SMILES string of the molecule is COc1ccc(-c2cc(COC(=O)c3ccccc3SC(F)F)no2)cc1OC. The Morgan fingerprint density at radius 3 is 2.59 bits per heavy atom. The summed E-state index contributed by atoms with van der Waals surface area (Å²) in [6, 6.07) is 12.9. The third kappa shape index (κ3) is 5.05. The monoisotopic (exact) mass is 421 g/mol. The maximum Gasteiger partial charge on any atom is 0.339 e. The van der Waals surface area contributed by atoms with Crippen molar-refractivity contribution in [2.24, 2.45) is 0 Å². The normalized spacial score (nSPS) is 10.8. The minimum absolute atomic E-state index is 0.0707. The van der Waals surface area contributed by atoms with Crippen LogP contribution in [0.2, 0.25) is 0 Å². The van der Waals surface area contributed by atoms with Crippen molar-refractivity contribution in [3.63, 3.8) is 0 Å². The highest BCUT2D eigenvalue weighted by molar-refractivity contribution is 7.99. The van der Waals surface area contributed by atoms with Gasteiger partial charge < -0.3 is 18.7 Å². The van der Waals surface area contributed by atoms with E-state index in [-0.39, 0.29) is 17.1 Å². The van der Waals surface area contributed by atoms with Gasteiger partial charge in [0.2, 0.25) is 0 Å². The molecule has 9 heteroatoms. The maximum atomic E-state index is 12.7. The highest BCUT2D eigenvalue weighted by Crippen LogP contribution is 2.33. The first-order valence-corrected chi connectivity index (χ1v) is 9.28. The van der Waals surface area contributed by atoms with E-state index in [2.05, 4.69) is 5.16 Å². The lowest BCUT2D eigenvalue weighted by Crippen LogP contribution is -2.07. The molecule has 0 radical (unpaired) electrons. The van der Waals surface area contributed by atoms with Gasteiger partial charge in [-0.2, -0.15) is 8.78 Å². The lowest BCUT2D eigenvalue weighted by atomic mass is 10.1. The largest absolute Gasteiger partial charge is 0.493 e. The molecule has 0 aliphatic heterocycles. The van der Waals surface area contributed by atoms with Gasteiger partial charge in [-0.25, -0.2) is 4.79 Å². The van der Waals surface area contributed by atoms with Crippen LogP contribution in [0.15, 0.2) is 57.9 Å². The fraction of sp³-hybridized carbons (Fsp3) is 0.200. The molecule has 29 heavy (non-hydrogen) atoms. The topological polar surface area (TPSA) is 70.8 Å². The Hall–Kier alpha value is -3.07. The van der Waals surface area contributed by atoms with Crippen molar-refractivity contribution in [2.75, 3.05) is 14.2 Å². The van der Waals surface area contributed by atoms with Crippen molar-refractivity contribution in [1.82, 2.24) is 5.16 Å². The third-order valence-corrected chi connectivity index (χ3v) is 4.69. The second-order valence-corrected chi connectivity index (χ2v) is 6.73. The third-order valence-electron chi connectivity index (χ3n) is 3.90. The summed E-state index contributed by atoms with van der Waals surface area (Å²) in [6.45, 7) is -0.163. The first-order valence-electron chi connectivity index (χ1n) is 8.40. The molecule has 0 aliphatic rings. The minimum Gasteiger partial charge on any atom is -0.493 e. The number of ether oxygens (including phenoxy) is 3. The number of methoxy groups -OCH3 is 2. The Kier molecular flexibility index (Phi) is 6.71. The number of rotatable bonds is 8. The summed E-state index contributed by atoms with van der Waals surface area (Å²) in [4.78, 5) is 12.4. The number of benzene rings is 2. The smallest absolute Gasteiger partial charge is 0.339 e. The molecular formula is C20H17F2NO5S. The van der Waals surface area contributed by atoms with Gasteiger partial charge in [0, 0.05) is 16.5 Å². The van der Waals surface area contributed by atoms with Gasteiger partial charge in [0.1, 0.15) is 12.3 Å². The summed E-state index contributed by atoms with van der Waals surface area (Å²) >= 11 is 0.292. The van der Waals surface area contributed by atoms with Crippen LogP contribution in [0.1, 0.15) is 16.1 Å². The van der Waals surface area contributed by atoms with Gasteiger partial charge in [0.15, 0.2) is 17.3 Å². The molecule has 0 spiro atoms. The van der Waals surface area contributed by atoms with E-state index >= 15 is 0 Å². The summed E-state index contributed by atoms with van der Waals surface area (Å²) in [6.07, 6.45) is 0. The molecule has 3 rings (SSSR count). The molecule has 0 saturated carbocycles. The molecule has 0 amide bonds. The molecular weight excluding hydrogens is 404 g/mol. The van der Waals surface area contributed by atoms with E-state index in [1.165, 1.54) is 26.4 Å². The van der Waals surface area contributed by atoms with Crippen molar-refractivity contribution < 1.29 is 32.3 Å². The molecule has 0 unspecified atom stereocenters. The summed E-state index contributed by atoms with van der Waals surface area (Å²) in [5, 5.41) is 3.88. The van der Waals surface area contributed by atoms with E-state index in [9.17, 15) is 13.6 Å². The molecule has 0 bridgehead atoms. The zero-order valence-corrected chi connectivity index (χ0v) is 16.4. The average molecular weight is 421 g/mol. The molecule has 0 aliphatic carbocycles. The van der Waals surface area contributed by atoms with E-state index in [0.717, 1.165) is 0 Å². The molecule has 0 atom stereocenters. The number of esters is 1. The highest BCUT2D eigenvalue weighted by Gasteiger charge is 2.17. The summed E-state index contributed by atoms with van der Waals surface area (Å²) < 4.78 is 46.3. The molecule has 1 aromatic heterocycles. The standard InChI is InChI=1S/C20H17F2NO5S/c1-25-15-8-7-12(9-17(15)26-2)16-10-13(23-28-16)11-27-19(24)14-5-3-4-6-18(14)29-20(21)22/h3-10,20H,11H2,1-2H3. The molecule has 1 heterocycles. The van der Waals surface area contributed by atoms with E-state index in [1.807, 2.05) is 0 Å². The van der Waals surface area contributed by atoms with E-state index in [0.29, 0.717) is 40.3 Å². The van der Waals surface area contributed by atoms with Crippen LogP contribution in [0.25, 0.3) is 11.3 Å². The van der Waals surface area contributed by atoms with Crippen molar-refractivity contribution in [2.45, 2.75) is 17.3 Å². The zero-order valence-electron chi connectivity index (χ0n) is 15.6. The Balaban J connectivity index is 1.69. The van der Waals surface area contributed by atoms with Gasteiger partial charge in [-0.3, -0.25) is 0 Å². The van der Waals surface area contributed by atoms with Crippen LogP contribution in [0.5, 0.6) is 11.5 Å². The van der Waals surface area contributed by atoms with E-state index in [4.69, 9.17) is 18.7 Å². The quantitative estimate of drug-likeness (QED) is 0.373. The minimum atomic E-state index is -2.64. The van der Waals surface area contributed by atoms with Gasteiger partial charge in [-0.05, 0) is 30.3 Å². The molecule has 6 nitrogen and oxygen atoms in total. The fourth-order valence-corrected chi connectivity index (χ4v) is 3.18. The Bertz CT molecular complexity index is 993. The van der Waals surface area contributed by atoms with Crippen molar-refractivity contribution in [3.05, 3.63) is 59.8 Å². The lowest BCUT2D eigenvalue weighted by molar-refractivity contribution is 0.0460. The maximum absolute atomic E-state index is 12.7. The number of carbonyl (C=O) groups excluding carboxylic acids is 1. The van der Waals surface area contributed by atoms with Gasteiger partial charge in [-0.15, -0.1) is 0 Å². The second kappa shape index (κ2) is 9.42. The molecule has 0 N–H and O–H groups in total. The van der Waals surface area contributed by atoms with E-state index in [1.54, 1.807) is 36.4 Å². The first-order chi connectivity index (χ1) is 14.0. The Morgan fingerprint density at radius 2 is 1.86 bits per heavy atom. The lowest BCUT2D eigenvalue weighted by Gasteiger charge is -2.08. The van der Waals surface area contributed by atoms with Gasteiger partial charge in [0.25, 0.3) is 5.76 Å². The van der Waals surface area contributed by atoms with Crippen molar-refractivity contribution in [3.8, 4) is 22.8 Å². The van der Waals surface area contributed by atoms with Crippen LogP contribution in [0, 0.1) is 0 Å². The molecule has 0 fully saturated rings. The average Bonchev–Trinajstić information content (AvgIpc) is 3.20. The van der Waals surface area contributed by atoms with Crippen molar-refractivity contribution >= 4 is 17.7 Å². The molecule has 152 valence electrons. The van der Waals surface area contributed by atoms with Crippen LogP contribution in [0.4, 0.5) is 8.78 Å². The summed E-state index contributed by atoms with van der Waals surface area (Å²) in [5.74, 6) is -1.80. The van der Waals surface area contributed by atoms with Crippen LogP contribution >= 0.6 is 11.8 Å². The number of hydrogen-bond acceptors (Lipinski definition) is 7. The van der Waals surface area contributed by atoms with Crippen LogP contribution in [-0.2, 0) is 11.3 Å². The highest BCUT2D eigenvalue weighted by atomic mass is 32.2. The first kappa shape index (κ1) is 20.7. The number of thioether (sulfide) groups is 1. The van der Waals surface area contributed by atoms with Gasteiger partial charge in [0.05, 0.1) is 19.8 Å². The van der Waals surface area contributed by atoms with Gasteiger partial charge in [-0.1, -0.05) is 29.1 Å². The number of carbonyl (C=O) groups is 1. The Morgan fingerprint density at radius 1 is 1.10 bits per heavy atom.